The highest BCUT2D eigenvalue weighted by Crippen LogP contribution is 2.25. The molecule has 25 heavy (non-hydrogen) atoms. The number of nitrogens with zero attached hydrogens (tertiary/aromatic N) is 3. The van der Waals surface area contributed by atoms with Crippen LogP contribution in [-0.2, 0) is 5.75 Å². The standard InChI is InChI=1S/C18H13BrN4OS/c19-15-9-5-4-6-12(15)11-25-18-21-16-14(17(24)22-18)10-20-23(16)13-7-2-1-3-8-13/h1-10H,11H2,(H,21,22,24). The molecule has 0 aliphatic rings. The highest BCUT2D eigenvalue weighted by Gasteiger charge is 2.12. The van der Waals surface area contributed by atoms with Gasteiger partial charge in [-0.05, 0) is 23.8 Å². The van der Waals surface area contributed by atoms with Crippen LogP contribution in [0.5, 0.6) is 0 Å². The average Bonchev–Trinajstić information content (AvgIpc) is 3.06. The molecule has 2 heterocycles. The van der Waals surface area contributed by atoms with Crippen molar-refractivity contribution in [2.45, 2.75) is 10.9 Å². The molecule has 4 rings (SSSR count). The maximum Gasteiger partial charge on any atom is 0.262 e. The first-order valence-corrected chi connectivity index (χ1v) is 9.40. The summed E-state index contributed by atoms with van der Waals surface area (Å²) in [5, 5.41) is 5.37. The lowest BCUT2D eigenvalue weighted by Crippen LogP contribution is -2.09. The number of hydrogen-bond donors (Lipinski definition) is 1. The molecule has 5 nitrogen and oxygen atoms in total. The van der Waals surface area contributed by atoms with Crippen LogP contribution in [0.3, 0.4) is 0 Å². The molecule has 0 saturated heterocycles. The van der Waals surface area contributed by atoms with Gasteiger partial charge in [0.2, 0.25) is 0 Å². The zero-order valence-electron chi connectivity index (χ0n) is 13.0. The normalized spacial score (nSPS) is 11.1. The predicted molar refractivity (Wildman–Crippen MR) is 103 cm³/mol. The Morgan fingerprint density at radius 1 is 1.08 bits per heavy atom. The number of aromatic amines is 1. The topological polar surface area (TPSA) is 63.6 Å². The Labute approximate surface area is 156 Å². The molecule has 2 aromatic heterocycles. The van der Waals surface area contributed by atoms with Gasteiger partial charge in [-0.15, -0.1) is 0 Å². The first-order valence-electron chi connectivity index (χ1n) is 7.62. The molecule has 0 aliphatic carbocycles. The van der Waals surface area contributed by atoms with E-state index in [4.69, 9.17) is 0 Å². The Kier molecular flexibility index (Phi) is 4.42. The van der Waals surface area contributed by atoms with Gasteiger partial charge in [-0.2, -0.15) is 5.10 Å². The average molecular weight is 413 g/mol. The molecule has 7 heteroatoms. The van der Waals surface area contributed by atoms with Crippen LogP contribution < -0.4 is 5.56 Å². The SMILES string of the molecule is O=c1[nH]c(SCc2ccccc2Br)nc2c1cnn2-c1ccccc1. The van der Waals surface area contributed by atoms with E-state index in [0.717, 1.165) is 15.7 Å². The second-order valence-electron chi connectivity index (χ2n) is 5.38. The van der Waals surface area contributed by atoms with Crippen molar-refractivity contribution in [3.8, 4) is 5.69 Å². The fraction of sp³-hybridized carbons (Fsp3) is 0.0556. The minimum absolute atomic E-state index is 0.179. The monoisotopic (exact) mass is 412 g/mol. The molecular weight excluding hydrogens is 400 g/mol. The van der Waals surface area contributed by atoms with E-state index in [1.165, 1.54) is 11.8 Å². The third-order valence-corrected chi connectivity index (χ3v) is 5.44. The van der Waals surface area contributed by atoms with Crippen LogP contribution in [0.4, 0.5) is 0 Å². The van der Waals surface area contributed by atoms with E-state index in [1.807, 2.05) is 54.6 Å². The molecule has 0 radical (unpaired) electrons. The number of halogens is 1. The molecule has 0 atom stereocenters. The van der Waals surface area contributed by atoms with Crippen LogP contribution in [0, 0.1) is 0 Å². The molecule has 0 unspecified atom stereocenters. The number of fused-ring (bicyclic) bond motifs is 1. The Morgan fingerprint density at radius 2 is 1.84 bits per heavy atom. The van der Waals surface area contributed by atoms with Crippen molar-refractivity contribution < 1.29 is 0 Å². The highest BCUT2D eigenvalue weighted by atomic mass is 79.9. The van der Waals surface area contributed by atoms with Gasteiger partial charge >= 0.3 is 0 Å². The first-order chi connectivity index (χ1) is 12.2. The lowest BCUT2D eigenvalue weighted by atomic mass is 10.2. The van der Waals surface area contributed by atoms with Gasteiger partial charge in [0.05, 0.1) is 11.9 Å². The number of thioether (sulfide) groups is 1. The summed E-state index contributed by atoms with van der Waals surface area (Å²) in [5.74, 6) is 0.704. The van der Waals surface area contributed by atoms with E-state index in [-0.39, 0.29) is 5.56 Å². The number of nitrogens with one attached hydrogen (secondary N) is 1. The summed E-state index contributed by atoms with van der Waals surface area (Å²) in [4.78, 5) is 19.8. The number of rotatable bonds is 4. The van der Waals surface area contributed by atoms with Crippen LogP contribution in [0.1, 0.15) is 5.56 Å². The van der Waals surface area contributed by atoms with E-state index in [9.17, 15) is 4.79 Å². The Balaban J connectivity index is 1.71. The summed E-state index contributed by atoms with van der Waals surface area (Å²) in [6.45, 7) is 0. The van der Waals surface area contributed by atoms with Gasteiger partial charge in [0.15, 0.2) is 10.8 Å². The van der Waals surface area contributed by atoms with Gasteiger partial charge in [-0.1, -0.05) is 64.1 Å². The third-order valence-electron chi connectivity index (χ3n) is 3.74. The number of aromatic nitrogens is 4. The van der Waals surface area contributed by atoms with Crippen molar-refractivity contribution in [1.29, 1.82) is 0 Å². The Hall–Kier alpha value is -2.38. The van der Waals surface area contributed by atoms with Gasteiger partial charge in [0.1, 0.15) is 5.39 Å². The third kappa shape index (κ3) is 3.25. The lowest BCUT2D eigenvalue weighted by Gasteiger charge is -2.05. The lowest BCUT2D eigenvalue weighted by molar-refractivity contribution is 0.873. The molecule has 0 spiro atoms. The molecule has 0 bridgehead atoms. The quantitative estimate of drug-likeness (QED) is 0.403. The van der Waals surface area contributed by atoms with Crippen LogP contribution in [0.2, 0.25) is 0 Å². The molecule has 0 amide bonds. The molecule has 0 aliphatic heterocycles. The van der Waals surface area contributed by atoms with Crippen LogP contribution in [0.25, 0.3) is 16.7 Å². The minimum Gasteiger partial charge on any atom is -0.301 e. The van der Waals surface area contributed by atoms with Crippen molar-refractivity contribution in [2.75, 3.05) is 0 Å². The Morgan fingerprint density at radius 3 is 2.64 bits per heavy atom. The number of benzene rings is 2. The fourth-order valence-corrected chi connectivity index (χ4v) is 3.96. The number of para-hydroxylation sites is 1. The van der Waals surface area contributed by atoms with Crippen molar-refractivity contribution in [3.63, 3.8) is 0 Å². The summed E-state index contributed by atoms with van der Waals surface area (Å²) >= 11 is 5.03. The van der Waals surface area contributed by atoms with Crippen LogP contribution in [0.15, 0.2) is 75.2 Å². The predicted octanol–water partition coefficient (Wildman–Crippen LogP) is 4.16. The van der Waals surface area contributed by atoms with E-state index < -0.39 is 0 Å². The molecule has 0 fully saturated rings. The maximum atomic E-state index is 12.4. The second kappa shape index (κ2) is 6.85. The molecule has 4 aromatic rings. The van der Waals surface area contributed by atoms with Crippen molar-refractivity contribution in [3.05, 3.63) is 81.2 Å². The molecule has 1 N–H and O–H groups in total. The molecular formula is C18H13BrN4OS. The maximum absolute atomic E-state index is 12.4. The Bertz CT molecular complexity index is 1090. The van der Waals surface area contributed by atoms with Gasteiger partial charge in [0.25, 0.3) is 5.56 Å². The number of H-pyrrole nitrogens is 1. The highest BCUT2D eigenvalue weighted by molar-refractivity contribution is 9.10. The molecule has 0 saturated carbocycles. The van der Waals surface area contributed by atoms with E-state index in [0.29, 0.717) is 21.9 Å². The van der Waals surface area contributed by atoms with E-state index >= 15 is 0 Å². The summed E-state index contributed by atoms with van der Waals surface area (Å²) in [6.07, 6.45) is 1.55. The van der Waals surface area contributed by atoms with Crippen LogP contribution >= 0.6 is 27.7 Å². The van der Waals surface area contributed by atoms with E-state index in [2.05, 4.69) is 31.0 Å². The smallest absolute Gasteiger partial charge is 0.262 e. The summed E-state index contributed by atoms with van der Waals surface area (Å²) in [6, 6.07) is 17.7. The number of hydrogen-bond acceptors (Lipinski definition) is 4. The molecule has 124 valence electrons. The second-order valence-corrected chi connectivity index (χ2v) is 7.20. The molecule has 2 aromatic carbocycles. The first kappa shape index (κ1) is 16.1. The van der Waals surface area contributed by atoms with Crippen molar-refractivity contribution >= 4 is 38.7 Å². The van der Waals surface area contributed by atoms with Crippen molar-refractivity contribution in [2.24, 2.45) is 0 Å². The van der Waals surface area contributed by atoms with Crippen molar-refractivity contribution in [1.82, 2.24) is 19.7 Å². The van der Waals surface area contributed by atoms with Gasteiger partial charge < -0.3 is 4.98 Å². The zero-order valence-corrected chi connectivity index (χ0v) is 15.4. The van der Waals surface area contributed by atoms with Gasteiger partial charge in [0, 0.05) is 10.2 Å². The van der Waals surface area contributed by atoms with Crippen LogP contribution in [-0.4, -0.2) is 19.7 Å². The summed E-state index contributed by atoms with van der Waals surface area (Å²) < 4.78 is 2.73. The summed E-state index contributed by atoms with van der Waals surface area (Å²) in [7, 11) is 0. The zero-order chi connectivity index (χ0) is 17.2. The minimum atomic E-state index is -0.179. The summed E-state index contributed by atoms with van der Waals surface area (Å²) in [5.41, 5.74) is 2.40. The largest absolute Gasteiger partial charge is 0.301 e. The van der Waals surface area contributed by atoms with Gasteiger partial charge in [-0.3, -0.25) is 4.79 Å². The van der Waals surface area contributed by atoms with Gasteiger partial charge in [-0.25, -0.2) is 9.67 Å². The fourth-order valence-electron chi connectivity index (χ4n) is 2.49. The van der Waals surface area contributed by atoms with E-state index in [1.54, 1.807) is 10.9 Å².